The first kappa shape index (κ1) is 13.9. The van der Waals surface area contributed by atoms with Crippen molar-refractivity contribution in [1.82, 2.24) is 4.98 Å². The molecule has 0 aliphatic carbocycles. The molecule has 0 spiro atoms. The van der Waals surface area contributed by atoms with Gasteiger partial charge in [0.25, 0.3) is 0 Å². The molecule has 0 aliphatic heterocycles. The van der Waals surface area contributed by atoms with Crippen LogP contribution in [-0.2, 0) is 6.32 Å². The maximum atomic E-state index is 11.9. The average Bonchev–Trinajstić information content (AvgIpc) is 1.91. The second-order valence-corrected chi connectivity index (χ2v) is 2.73. The van der Waals surface area contributed by atoms with Gasteiger partial charge in [-0.25, -0.2) is 4.98 Å². The summed E-state index contributed by atoms with van der Waals surface area (Å²) in [7, 11) is 0. The Morgan fingerprint density at radius 3 is 2.46 bits per heavy atom. The summed E-state index contributed by atoms with van der Waals surface area (Å²) < 4.78 is 35.7. The molecule has 66 valence electrons. The summed E-state index contributed by atoms with van der Waals surface area (Å²) in [6.07, 6.45) is 0.391. The van der Waals surface area contributed by atoms with Gasteiger partial charge < -0.3 is 12.9 Å². The molecule has 0 bridgehead atoms. The summed E-state index contributed by atoms with van der Waals surface area (Å²) in [5.74, 6) is 0. The summed E-state index contributed by atoms with van der Waals surface area (Å²) in [6, 6.07) is 2.76. The van der Waals surface area contributed by atoms with E-state index in [2.05, 4.69) is 4.98 Å². The molecule has 0 fully saturated rings. The van der Waals surface area contributed by atoms with Crippen LogP contribution in [0.5, 0.6) is 0 Å². The second-order valence-electron chi connectivity index (χ2n) is 2.37. The fraction of sp³-hybridized carbons (Fsp3) is 0.167. The molecule has 1 rings (SSSR count). The number of hydrogen-bond donors (Lipinski definition) is 0. The topological polar surface area (TPSA) is 12.9 Å². The van der Waals surface area contributed by atoms with E-state index in [4.69, 9.17) is 11.6 Å². The molecule has 0 saturated heterocycles. The zero-order valence-corrected chi connectivity index (χ0v) is 10.9. The minimum Gasteiger partial charge on any atom is -0.449 e. The predicted molar refractivity (Wildman–Crippen MR) is 42.0 cm³/mol. The van der Waals surface area contributed by atoms with E-state index in [-0.39, 0.29) is 62.1 Å². The monoisotopic (exact) mass is 233 g/mol. The standard InChI is InChI=1S/C6H5BClF3N.K/c8-6-5(2-1-3-12-6)4-7(9,10)11;/h1-3H,4H2;/q-1;+1. The van der Waals surface area contributed by atoms with Gasteiger partial charge in [-0.05, 0) is 11.6 Å². The van der Waals surface area contributed by atoms with Gasteiger partial charge in [-0.1, -0.05) is 24.0 Å². The van der Waals surface area contributed by atoms with Crippen molar-refractivity contribution in [2.75, 3.05) is 0 Å². The van der Waals surface area contributed by atoms with Crippen LogP contribution >= 0.6 is 11.6 Å². The summed E-state index contributed by atoms with van der Waals surface area (Å²) in [6.45, 7) is -4.83. The molecule has 7 heteroatoms. The van der Waals surface area contributed by atoms with Crippen molar-refractivity contribution in [3.8, 4) is 0 Å². The number of nitrogens with zero attached hydrogens (tertiary/aromatic N) is 1. The number of aromatic nitrogens is 1. The Morgan fingerprint density at radius 1 is 1.38 bits per heavy atom. The Bertz CT molecular complexity index is 281. The Labute approximate surface area is 122 Å². The van der Waals surface area contributed by atoms with Gasteiger partial charge in [0.05, 0.1) is 0 Å². The van der Waals surface area contributed by atoms with Crippen molar-refractivity contribution in [1.29, 1.82) is 0 Å². The molecule has 0 radical (unpaired) electrons. The first-order chi connectivity index (χ1) is 5.49. The van der Waals surface area contributed by atoms with Crippen LogP contribution in [0, 0.1) is 0 Å². The third-order valence-corrected chi connectivity index (χ3v) is 1.63. The Balaban J connectivity index is 0.00000144. The van der Waals surface area contributed by atoms with Crippen molar-refractivity contribution in [2.45, 2.75) is 6.32 Å². The molecule has 0 amide bonds. The minimum atomic E-state index is -4.83. The summed E-state index contributed by atoms with van der Waals surface area (Å²) in [5, 5.41) is -0.0725. The van der Waals surface area contributed by atoms with Crippen LogP contribution in [0.1, 0.15) is 5.56 Å². The van der Waals surface area contributed by atoms with E-state index >= 15 is 0 Å². The first-order valence-electron chi connectivity index (χ1n) is 3.29. The Hall–Kier alpha value is 0.931. The van der Waals surface area contributed by atoms with Crippen LogP contribution < -0.4 is 51.4 Å². The molecule has 0 N–H and O–H groups in total. The van der Waals surface area contributed by atoms with E-state index in [1.165, 1.54) is 18.3 Å². The molecule has 1 heterocycles. The van der Waals surface area contributed by atoms with Gasteiger partial charge in [0, 0.05) is 6.20 Å². The van der Waals surface area contributed by atoms with Crippen LogP contribution in [-0.4, -0.2) is 12.0 Å². The first-order valence-corrected chi connectivity index (χ1v) is 3.67. The van der Waals surface area contributed by atoms with E-state index in [1.54, 1.807) is 0 Å². The van der Waals surface area contributed by atoms with Crippen LogP contribution in [0.2, 0.25) is 5.15 Å². The Kier molecular flexibility index (Phi) is 6.14. The van der Waals surface area contributed by atoms with Crippen LogP contribution in [0.3, 0.4) is 0 Å². The van der Waals surface area contributed by atoms with E-state index in [9.17, 15) is 12.9 Å². The quantitative estimate of drug-likeness (QED) is 0.503. The van der Waals surface area contributed by atoms with Crippen molar-refractivity contribution < 1.29 is 64.3 Å². The molecule has 0 aliphatic rings. The number of halogens is 4. The van der Waals surface area contributed by atoms with Gasteiger partial charge in [-0.15, -0.1) is 0 Å². The Morgan fingerprint density at radius 2 is 2.00 bits per heavy atom. The van der Waals surface area contributed by atoms with Gasteiger partial charge in [0.15, 0.2) is 0 Å². The SMILES string of the molecule is F[B-](F)(F)Cc1cccnc1Cl.[K+]. The summed E-state index contributed by atoms with van der Waals surface area (Å²) >= 11 is 5.43. The number of rotatable bonds is 2. The van der Waals surface area contributed by atoms with Crippen LogP contribution in [0.25, 0.3) is 0 Å². The number of pyridine rings is 1. The van der Waals surface area contributed by atoms with Crippen LogP contribution in [0.4, 0.5) is 12.9 Å². The molecule has 0 saturated carbocycles. The molecule has 0 atom stereocenters. The van der Waals surface area contributed by atoms with Crippen molar-refractivity contribution in [3.05, 3.63) is 29.0 Å². The molecule has 0 unspecified atom stereocenters. The number of hydrogen-bond acceptors (Lipinski definition) is 1. The molecular weight excluding hydrogens is 228 g/mol. The molecule has 1 nitrogen and oxygen atoms in total. The smallest absolute Gasteiger partial charge is 0.449 e. The molecule has 1 aromatic rings. The van der Waals surface area contributed by atoms with Crippen molar-refractivity contribution >= 4 is 18.6 Å². The second kappa shape index (κ2) is 5.73. The van der Waals surface area contributed by atoms with E-state index in [0.29, 0.717) is 0 Å². The van der Waals surface area contributed by atoms with E-state index in [0.717, 1.165) is 0 Å². The third-order valence-electron chi connectivity index (χ3n) is 1.29. The zero-order chi connectivity index (χ0) is 9.19. The van der Waals surface area contributed by atoms with Gasteiger partial charge in [0.1, 0.15) is 5.15 Å². The van der Waals surface area contributed by atoms with E-state index in [1.807, 2.05) is 0 Å². The molecule has 0 aromatic carbocycles. The molecule has 1 aromatic heterocycles. The normalized spacial score (nSPS) is 10.8. The fourth-order valence-corrected chi connectivity index (χ4v) is 1.02. The predicted octanol–water partition coefficient (Wildman–Crippen LogP) is -0.332. The molecule has 13 heavy (non-hydrogen) atoms. The van der Waals surface area contributed by atoms with Gasteiger partial charge in [-0.2, -0.15) is 0 Å². The fourth-order valence-electron chi connectivity index (χ4n) is 0.821. The average molecular weight is 233 g/mol. The third kappa shape index (κ3) is 5.39. The minimum absolute atomic E-state index is 0. The summed E-state index contributed by atoms with van der Waals surface area (Å²) in [5.41, 5.74) is 0.0340. The maximum Gasteiger partial charge on any atom is 1.00 e. The maximum absolute atomic E-state index is 11.9. The van der Waals surface area contributed by atoms with Crippen LogP contribution in [0.15, 0.2) is 18.3 Å². The zero-order valence-electron chi connectivity index (χ0n) is 6.98. The van der Waals surface area contributed by atoms with Gasteiger partial charge in [-0.3, -0.25) is 0 Å². The van der Waals surface area contributed by atoms with E-state index < -0.39 is 13.3 Å². The van der Waals surface area contributed by atoms with Gasteiger partial charge in [0.2, 0.25) is 0 Å². The largest absolute Gasteiger partial charge is 1.00 e. The van der Waals surface area contributed by atoms with Gasteiger partial charge >= 0.3 is 58.4 Å². The molecular formula is C6H5BClF3KN. The van der Waals surface area contributed by atoms with Crippen molar-refractivity contribution in [3.63, 3.8) is 0 Å². The van der Waals surface area contributed by atoms with Crippen molar-refractivity contribution in [2.24, 2.45) is 0 Å². The summed E-state index contributed by atoms with van der Waals surface area (Å²) in [4.78, 5) is 3.54.